The van der Waals surface area contributed by atoms with E-state index < -0.39 is 10.0 Å². The molecule has 2 N–H and O–H groups in total. The van der Waals surface area contributed by atoms with E-state index in [2.05, 4.69) is 9.55 Å². The van der Waals surface area contributed by atoms with Gasteiger partial charge in [-0.05, 0) is 39.0 Å². The average molecular weight is 342 g/mol. The maximum Gasteiger partial charge on any atom is 0.222 e. The van der Waals surface area contributed by atoms with Gasteiger partial charge in [0.1, 0.15) is 5.82 Å². The molecule has 1 fully saturated rings. The molecule has 130 valence electrons. The maximum absolute atomic E-state index is 12.4. The van der Waals surface area contributed by atoms with Crippen molar-refractivity contribution in [1.82, 2.24) is 14.5 Å². The van der Waals surface area contributed by atoms with Crippen LogP contribution in [0.3, 0.4) is 0 Å². The van der Waals surface area contributed by atoms with E-state index in [0.29, 0.717) is 6.42 Å². The number of imidazole rings is 1. The molecule has 0 spiro atoms. The van der Waals surface area contributed by atoms with Crippen LogP contribution in [0.2, 0.25) is 0 Å². The first-order chi connectivity index (χ1) is 10.9. The predicted molar refractivity (Wildman–Crippen MR) is 88.1 cm³/mol. The summed E-state index contributed by atoms with van der Waals surface area (Å²) >= 11 is 0. The average Bonchev–Trinajstić information content (AvgIpc) is 2.89. The third-order valence-corrected chi connectivity index (χ3v) is 5.25. The fourth-order valence-corrected chi connectivity index (χ4v) is 3.67. The predicted octanol–water partition coefficient (Wildman–Crippen LogP) is 1.03. The van der Waals surface area contributed by atoms with Crippen molar-refractivity contribution in [3.63, 3.8) is 0 Å². The van der Waals surface area contributed by atoms with Crippen molar-refractivity contribution in [1.29, 1.82) is 0 Å². The van der Waals surface area contributed by atoms with E-state index in [9.17, 15) is 13.2 Å². The summed E-state index contributed by atoms with van der Waals surface area (Å²) < 4.78 is 24.0. The van der Waals surface area contributed by atoms with Gasteiger partial charge in [-0.3, -0.25) is 4.79 Å². The van der Waals surface area contributed by atoms with Crippen molar-refractivity contribution in [2.45, 2.75) is 58.0 Å². The second kappa shape index (κ2) is 7.92. The first kappa shape index (κ1) is 17.9. The molecule has 0 aromatic carbocycles. The Labute approximate surface area is 137 Å². The molecule has 1 aliphatic heterocycles. The molecule has 1 unspecified atom stereocenters. The number of aryl methyl sites for hydroxylation is 2. The molecule has 0 radical (unpaired) electrons. The summed E-state index contributed by atoms with van der Waals surface area (Å²) in [4.78, 5) is 18.5. The van der Waals surface area contributed by atoms with Crippen LogP contribution in [0.25, 0.3) is 0 Å². The molecular formula is C15H26N4O3S. The molecule has 1 amide bonds. The molecule has 1 aliphatic rings. The Kier molecular flexibility index (Phi) is 6.17. The highest BCUT2D eigenvalue weighted by molar-refractivity contribution is 7.89. The van der Waals surface area contributed by atoms with Crippen LogP contribution in [0.4, 0.5) is 0 Å². The van der Waals surface area contributed by atoms with E-state index >= 15 is 0 Å². The molecule has 2 heterocycles. The summed E-state index contributed by atoms with van der Waals surface area (Å²) in [7, 11) is -3.49. The zero-order valence-electron chi connectivity index (χ0n) is 13.6. The van der Waals surface area contributed by atoms with Crippen LogP contribution in [0, 0.1) is 6.92 Å². The summed E-state index contributed by atoms with van der Waals surface area (Å²) in [6.45, 7) is 3.58. The summed E-state index contributed by atoms with van der Waals surface area (Å²) in [6.07, 6.45) is 8.34. The van der Waals surface area contributed by atoms with Gasteiger partial charge >= 0.3 is 0 Å². The number of likely N-dealkylation sites (tertiary alicyclic amines) is 1. The number of aromatic nitrogens is 2. The minimum Gasteiger partial charge on any atom is -0.340 e. The Hall–Kier alpha value is -1.41. The molecule has 1 atom stereocenters. The number of amides is 1. The number of nitrogens with zero attached hydrogens (tertiary/aromatic N) is 3. The van der Waals surface area contributed by atoms with E-state index in [1.54, 1.807) is 6.20 Å². The molecule has 0 aliphatic carbocycles. The van der Waals surface area contributed by atoms with Crippen molar-refractivity contribution < 1.29 is 13.2 Å². The van der Waals surface area contributed by atoms with Crippen LogP contribution in [0.5, 0.6) is 0 Å². The first-order valence-corrected chi connectivity index (χ1v) is 9.86. The number of hydrogen-bond acceptors (Lipinski definition) is 4. The quantitative estimate of drug-likeness (QED) is 0.800. The van der Waals surface area contributed by atoms with E-state index in [4.69, 9.17) is 5.14 Å². The van der Waals surface area contributed by atoms with E-state index in [1.165, 1.54) is 0 Å². The Morgan fingerprint density at radius 1 is 1.43 bits per heavy atom. The molecule has 0 saturated carbocycles. The highest BCUT2D eigenvalue weighted by Crippen LogP contribution is 2.21. The third-order valence-electron chi connectivity index (χ3n) is 4.39. The van der Waals surface area contributed by atoms with Crippen LogP contribution in [0.15, 0.2) is 12.4 Å². The van der Waals surface area contributed by atoms with Crippen molar-refractivity contribution in [3.05, 3.63) is 18.2 Å². The van der Waals surface area contributed by atoms with Crippen LogP contribution < -0.4 is 5.14 Å². The van der Waals surface area contributed by atoms with E-state index in [-0.39, 0.29) is 24.1 Å². The van der Waals surface area contributed by atoms with Gasteiger partial charge in [-0.1, -0.05) is 0 Å². The molecular weight excluding hydrogens is 316 g/mol. The minimum absolute atomic E-state index is 0.0423. The number of hydrogen-bond donors (Lipinski definition) is 1. The highest BCUT2D eigenvalue weighted by Gasteiger charge is 2.26. The number of carbonyl (C=O) groups is 1. The minimum atomic E-state index is -3.49. The SMILES string of the molecule is Cc1nccn1CCC1CCCCN1C(=O)CCCS(N)(=O)=O. The van der Waals surface area contributed by atoms with Crippen LogP contribution in [0.1, 0.15) is 44.3 Å². The van der Waals surface area contributed by atoms with Gasteiger partial charge in [0.2, 0.25) is 15.9 Å². The standard InChI is InChI=1S/C15H26N4O3S/c1-13-17-8-11-18(13)10-7-14-5-2-3-9-19(14)15(20)6-4-12-23(16,21)22/h8,11,14H,2-7,9-10,12H2,1H3,(H2,16,21,22). The second-order valence-corrected chi connectivity index (χ2v) is 7.90. The molecule has 7 nitrogen and oxygen atoms in total. The zero-order valence-corrected chi connectivity index (χ0v) is 14.5. The Bertz CT molecular complexity index is 626. The molecule has 1 aromatic heterocycles. The summed E-state index contributed by atoms with van der Waals surface area (Å²) in [5.74, 6) is 0.887. The van der Waals surface area contributed by atoms with Gasteiger partial charge in [0.15, 0.2) is 0 Å². The van der Waals surface area contributed by atoms with Gasteiger partial charge in [-0.25, -0.2) is 18.5 Å². The number of rotatable bonds is 7. The molecule has 1 aromatic rings. The number of piperidine rings is 1. The number of carbonyl (C=O) groups excluding carboxylic acids is 1. The monoisotopic (exact) mass is 342 g/mol. The fourth-order valence-electron chi connectivity index (χ4n) is 3.13. The van der Waals surface area contributed by atoms with Gasteiger partial charge in [0, 0.05) is 37.9 Å². The molecule has 0 bridgehead atoms. The first-order valence-electron chi connectivity index (χ1n) is 8.14. The van der Waals surface area contributed by atoms with Gasteiger partial charge < -0.3 is 9.47 Å². The summed E-state index contributed by atoms with van der Waals surface area (Å²) in [5, 5.41) is 4.98. The number of sulfonamides is 1. The molecule has 8 heteroatoms. The zero-order chi connectivity index (χ0) is 16.9. The van der Waals surface area contributed by atoms with Gasteiger partial charge in [-0.15, -0.1) is 0 Å². The largest absolute Gasteiger partial charge is 0.340 e. The van der Waals surface area contributed by atoms with Gasteiger partial charge in [-0.2, -0.15) is 0 Å². The fraction of sp³-hybridized carbons (Fsp3) is 0.733. The molecule has 1 saturated heterocycles. The maximum atomic E-state index is 12.4. The lowest BCUT2D eigenvalue weighted by Crippen LogP contribution is -2.44. The highest BCUT2D eigenvalue weighted by atomic mass is 32.2. The molecule has 23 heavy (non-hydrogen) atoms. The second-order valence-electron chi connectivity index (χ2n) is 6.16. The van der Waals surface area contributed by atoms with Gasteiger partial charge in [0.25, 0.3) is 0 Å². The Balaban J connectivity index is 1.87. The third kappa shape index (κ3) is 5.62. The van der Waals surface area contributed by atoms with Gasteiger partial charge in [0.05, 0.1) is 5.75 Å². The summed E-state index contributed by atoms with van der Waals surface area (Å²) in [5.41, 5.74) is 0. The van der Waals surface area contributed by atoms with Crippen molar-refractivity contribution in [3.8, 4) is 0 Å². The van der Waals surface area contributed by atoms with E-state index in [0.717, 1.165) is 44.6 Å². The lowest BCUT2D eigenvalue weighted by Gasteiger charge is -2.36. The lowest BCUT2D eigenvalue weighted by atomic mass is 9.98. The Morgan fingerprint density at radius 3 is 2.87 bits per heavy atom. The normalized spacial score (nSPS) is 19.0. The number of primary sulfonamides is 1. The Morgan fingerprint density at radius 2 is 2.22 bits per heavy atom. The van der Waals surface area contributed by atoms with Crippen LogP contribution in [-0.4, -0.2) is 47.1 Å². The van der Waals surface area contributed by atoms with Crippen molar-refractivity contribution in [2.24, 2.45) is 5.14 Å². The van der Waals surface area contributed by atoms with Crippen molar-refractivity contribution in [2.75, 3.05) is 12.3 Å². The van der Waals surface area contributed by atoms with Crippen molar-refractivity contribution >= 4 is 15.9 Å². The lowest BCUT2D eigenvalue weighted by molar-refractivity contribution is -0.135. The smallest absolute Gasteiger partial charge is 0.222 e. The summed E-state index contributed by atoms with van der Waals surface area (Å²) in [6, 6.07) is 0.229. The van der Waals surface area contributed by atoms with E-state index in [1.807, 2.05) is 18.0 Å². The van der Waals surface area contributed by atoms with Crippen LogP contribution >= 0.6 is 0 Å². The topological polar surface area (TPSA) is 98.3 Å². The van der Waals surface area contributed by atoms with Crippen LogP contribution in [-0.2, 0) is 21.4 Å². The molecule has 2 rings (SSSR count). The number of nitrogens with two attached hydrogens (primary N) is 1.